The molecule has 0 aliphatic carbocycles. The molecule has 0 saturated carbocycles. The van der Waals surface area contributed by atoms with Crippen molar-refractivity contribution in [3.8, 4) is 0 Å². The predicted octanol–water partition coefficient (Wildman–Crippen LogP) is 2.05. The van der Waals surface area contributed by atoms with Gasteiger partial charge in [-0.05, 0) is 31.2 Å². The van der Waals surface area contributed by atoms with Gasteiger partial charge < -0.3 is 11.1 Å². The van der Waals surface area contributed by atoms with Gasteiger partial charge in [-0.1, -0.05) is 15.9 Å². The summed E-state index contributed by atoms with van der Waals surface area (Å²) in [5.41, 5.74) is 7.76. The van der Waals surface area contributed by atoms with Crippen LogP contribution in [0.2, 0.25) is 0 Å². The quantitative estimate of drug-likeness (QED) is 0.844. The standard InChI is InChI=1S/C12H13BrN4/c13-8-1-2-10-9(5-8)11(17-12(14)16-10)7-3-4-15-6-7/h1-2,5,7,15H,3-4,6H2,(H2,14,16,17). The molecule has 3 N–H and O–H groups in total. The van der Waals surface area contributed by atoms with E-state index in [1.807, 2.05) is 12.1 Å². The third kappa shape index (κ3) is 2.00. The van der Waals surface area contributed by atoms with E-state index in [2.05, 4.69) is 37.3 Å². The molecule has 2 heterocycles. The molecule has 88 valence electrons. The van der Waals surface area contributed by atoms with Gasteiger partial charge in [0.15, 0.2) is 0 Å². The molecule has 0 radical (unpaired) electrons. The van der Waals surface area contributed by atoms with Crippen LogP contribution < -0.4 is 11.1 Å². The summed E-state index contributed by atoms with van der Waals surface area (Å²) in [5, 5.41) is 4.46. The van der Waals surface area contributed by atoms with Crippen molar-refractivity contribution in [2.45, 2.75) is 12.3 Å². The lowest BCUT2D eigenvalue weighted by atomic mass is 10.0. The second kappa shape index (κ2) is 4.23. The van der Waals surface area contributed by atoms with Gasteiger partial charge in [-0.2, -0.15) is 0 Å². The van der Waals surface area contributed by atoms with Gasteiger partial charge in [0.2, 0.25) is 5.95 Å². The zero-order chi connectivity index (χ0) is 11.8. The Bertz CT molecular complexity index is 564. The number of halogens is 1. The zero-order valence-corrected chi connectivity index (χ0v) is 10.9. The summed E-state index contributed by atoms with van der Waals surface area (Å²) in [6.45, 7) is 2.02. The summed E-state index contributed by atoms with van der Waals surface area (Å²) >= 11 is 3.49. The molecular weight excluding hydrogens is 280 g/mol. The first-order valence-corrected chi connectivity index (χ1v) is 6.47. The Hall–Kier alpha value is -1.20. The highest BCUT2D eigenvalue weighted by atomic mass is 79.9. The molecule has 0 spiro atoms. The first-order chi connectivity index (χ1) is 8.24. The van der Waals surface area contributed by atoms with Gasteiger partial charge in [-0.3, -0.25) is 0 Å². The number of hydrogen-bond acceptors (Lipinski definition) is 4. The molecule has 1 aromatic heterocycles. The molecule has 0 amide bonds. The lowest BCUT2D eigenvalue weighted by molar-refractivity contribution is 0.742. The van der Waals surface area contributed by atoms with Crippen LogP contribution in [-0.4, -0.2) is 23.1 Å². The molecule has 1 fully saturated rings. The third-order valence-corrected chi connectivity index (χ3v) is 3.64. The summed E-state index contributed by atoms with van der Waals surface area (Å²) in [6, 6.07) is 6.03. The van der Waals surface area contributed by atoms with E-state index in [0.29, 0.717) is 11.9 Å². The lowest BCUT2D eigenvalue weighted by Crippen LogP contribution is -2.10. The van der Waals surface area contributed by atoms with Crippen LogP contribution in [0.15, 0.2) is 22.7 Å². The number of nitrogens with zero attached hydrogens (tertiary/aromatic N) is 2. The summed E-state index contributed by atoms with van der Waals surface area (Å²) in [4.78, 5) is 8.70. The van der Waals surface area contributed by atoms with Crippen molar-refractivity contribution in [3.63, 3.8) is 0 Å². The molecule has 2 aromatic rings. The Kier molecular flexibility index (Phi) is 2.72. The second-order valence-electron chi connectivity index (χ2n) is 4.32. The smallest absolute Gasteiger partial charge is 0.220 e. The molecule has 1 unspecified atom stereocenters. The Morgan fingerprint density at radius 3 is 3.00 bits per heavy atom. The van der Waals surface area contributed by atoms with Crippen molar-refractivity contribution >= 4 is 32.8 Å². The van der Waals surface area contributed by atoms with Crippen LogP contribution >= 0.6 is 15.9 Å². The van der Waals surface area contributed by atoms with E-state index in [9.17, 15) is 0 Å². The molecule has 1 atom stereocenters. The molecule has 1 saturated heterocycles. The lowest BCUT2D eigenvalue weighted by Gasteiger charge is -2.12. The topological polar surface area (TPSA) is 63.8 Å². The van der Waals surface area contributed by atoms with Crippen molar-refractivity contribution in [2.24, 2.45) is 0 Å². The van der Waals surface area contributed by atoms with Crippen LogP contribution in [0.4, 0.5) is 5.95 Å². The van der Waals surface area contributed by atoms with E-state index >= 15 is 0 Å². The maximum absolute atomic E-state index is 5.78. The number of hydrogen-bond donors (Lipinski definition) is 2. The zero-order valence-electron chi connectivity index (χ0n) is 9.28. The van der Waals surface area contributed by atoms with E-state index < -0.39 is 0 Å². The fourth-order valence-electron chi connectivity index (χ4n) is 2.34. The van der Waals surface area contributed by atoms with Gasteiger partial charge >= 0.3 is 0 Å². The monoisotopic (exact) mass is 292 g/mol. The molecular formula is C12H13BrN4. The van der Waals surface area contributed by atoms with Crippen LogP contribution in [0.1, 0.15) is 18.0 Å². The van der Waals surface area contributed by atoms with E-state index in [1.165, 1.54) is 0 Å². The number of nitrogen functional groups attached to an aromatic ring is 1. The van der Waals surface area contributed by atoms with Gasteiger partial charge in [0.25, 0.3) is 0 Å². The van der Waals surface area contributed by atoms with Crippen molar-refractivity contribution in [2.75, 3.05) is 18.8 Å². The highest BCUT2D eigenvalue weighted by Gasteiger charge is 2.21. The SMILES string of the molecule is Nc1nc(C2CCNC2)c2cc(Br)ccc2n1. The Balaban J connectivity index is 2.23. The molecule has 1 aliphatic rings. The normalized spacial score (nSPS) is 19.9. The van der Waals surface area contributed by atoms with Gasteiger partial charge in [-0.25, -0.2) is 9.97 Å². The van der Waals surface area contributed by atoms with Crippen molar-refractivity contribution < 1.29 is 0 Å². The van der Waals surface area contributed by atoms with Gasteiger partial charge in [0.05, 0.1) is 11.2 Å². The minimum absolute atomic E-state index is 0.363. The van der Waals surface area contributed by atoms with Gasteiger partial charge in [0.1, 0.15) is 0 Å². The summed E-state index contributed by atoms with van der Waals surface area (Å²) in [7, 11) is 0. The van der Waals surface area contributed by atoms with Crippen LogP contribution in [0, 0.1) is 0 Å². The number of aromatic nitrogens is 2. The van der Waals surface area contributed by atoms with E-state index in [0.717, 1.165) is 40.6 Å². The van der Waals surface area contributed by atoms with Crippen molar-refractivity contribution in [1.29, 1.82) is 0 Å². The molecule has 4 nitrogen and oxygen atoms in total. The number of rotatable bonds is 1. The minimum atomic E-state index is 0.363. The van der Waals surface area contributed by atoms with E-state index in [-0.39, 0.29) is 0 Å². The number of nitrogens with one attached hydrogen (secondary N) is 1. The highest BCUT2D eigenvalue weighted by molar-refractivity contribution is 9.10. The predicted molar refractivity (Wildman–Crippen MR) is 71.9 cm³/mol. The van der Waals surface area contributed by atoms with Crippen LogP contribution in [-0.2, 0) is 0 Å². The van der Waals surface area contributed by atoms with Crippen LogP contribution in [0.3, 0.4) is 0 Å². The molecule has 17 heavy (non-hydrogen) atoms. The van der Waals surface area contributed by atoms with Gasteiger partial charge in [-0.15, -0.1) is 0 Å². The first kappa shape index (κ1) is 10.9. The molecule has 1 aromatic carbocycles. The average molecular weight is 293 g/mol. The maximum Gasteiger partial charge on any atom is 0.220 e. The number of benzene rings is 1. The third-order valence-electron chi connectivity index (χ3n) is 3.15. The Labute approximate surface area is 108 Å². The number of nitrogens with two attached hydrogens (primary N) is 1. The fourth-order valence-corrected chi connectivity index (χ4v) is 2.70. The summed E-state index contributed by atoms with van der Waals surface area (Å²) in [6.07, 6.45) is 1.11. The summed E-state index contributed by atoms with van der Waals surface area (Å²) < 4.78 is 1.05. The maximum atomic E-state index is 5.78. The van der Waals surface area contributed by atoms with E-state index in [1.54, 1.807) is 0 Å². The van der Waals surface area contributed by atoms with Gasteiger partial charge in [0, 0.05) is 22.3 Å². The second-order valence-corrected chi connectivity index (χ2v) is 5.23. The average Bonchev–Trinajstić information content (AvgIpc) is 2.82. The fraction of sp³-hybridized carbons (Fsp3) is 0.333. The molecule has 0 bridgehead atoms. The largest absolute Gasteiger partial charge is 0.368 e. The number of anilines is 1. The molecule has 3 rings (SSSR count). The first-order valence-electron chi connectivity index (χ1n) is 5.67. The minimum Gasteiger partial charge on any atom is -0.368 e. The van der Waals surface area contributed by atoms with Crippen molar-refractivity contribution in [1.82, 2.24) is 15.3 Å². The van der Waals surface area contributed by atoms with Crippen LogP contribution in [0.25, 0.3) is 10.9 Å². The molecule has 1 aliphatic heterocycles. The number of fused-ring (bicyclic) bond motifs is 1. The highest BCUT2D eigenvalue weighted by Crippen LogP contribution is 2.29. The Morgan fingerprint density at radius 2 is 2.24 bits per heavy atom. The van der Waals surface area contributed by atoms with Crippen molar-refractivity contribution in [3.05, 3.63) is 28.4 Å². The summed E-state index contributed by atoms with van der Waals surface area (Å²) in [5.74, 6) is 0.804. The Morgan fingerprint density at radius 1 is 1.35 bits per heavy atom. The molecule has 5 heteroatoms. The van der Waals surface area contributed by atoms with Crippen LogP contribution in [0.5, 0.6) is 0 Å². The van der Waals surface area contributed by atoms with E-state index in [4.69, 9.17) is 5.73 Å².